The van der Waals surface area contributed by atoms with Crippen LogP contribution in [0.5, 0.6) is 5.75 Å². The van der Waals surface area contributed by atoms with E-state index >= 15 is 0 Å². The second kappa shape index (κ2) is 6.72. The predicted octanol–water partition coefficient (Wildman–Crippen LogP) is 2.17. The highest BCUT2D eigenvalue weighted by Crippen LogP contribution is 2.31. The zero-order valence-electron chi connectivity index (χ0n) is 13.2. The molecule has 2 aliphatic heterocycles. The van der Waals surface area contributed by atoms with Gasteiger partial charge >= 0.3 is 6.36 Å². The maximum atomic E-state index is 12.4. The first-order chi connectivity index (χ1) is 11.8. The van der Waals surface area contributed by atoms with Gasteiger partial charge in [0.25, 0.3) is 5.91 Å². The van der Waals surface area contributed by atoms with Crippen molar-refractivity contribution in [2.24, 2.45) is 4.99 Å². The number of benzene rings is 1. The summed E-state index contributed by atoms with van der Waals surface area (Å²) in [6.07, 6.45) is -3.54. The molecule has 0 radical (unpaired) electrons. The maximum absolute atomic E-state index is 12.4. The highest BCUT2D eigenvalue weighted by atomic mass is 32.2. The molecule has 0 aliphatic carbocycles. The summed E-state index contributed by atoms with van der Waals surface area (Å²) in [4.78, 5) is 17.0. The van der Waals surface area contributed by atoms with Gasteiger partial charge in [0.05, 0.1) is 11.9 Å². The van der Waals surface area contributed by atoms with E-state index in [-0.39, 0.29) is 11.7 Å². The highest BCUT2D eigenvalue weighted by molar-refractivity contribution is 7.79. The van der Waals surface area contributed by atoms with Crippen LogP contribution in [0.25, 0.3) is 0 Å². The number of hydrogen-bond donors (Lipinski definition) is 1. The number of rotatable bonds is 4. The zero-order valence-corrected chi connectivity index (χ0v) is 14.1. The summed E-state index contributed by atoms with van der Waals surface area (Å²) in [6.45, 7) is 5.16. The lowest BCUT2D eigenvalue weighted by molar-refractivity contribution is -0.274. The van der Waals surface area contributed by atoms with Crippen molar-refractivity contribution in [3.05, 3.63) is 41.8 Å². The lowest BCUT2D eigenvalue weighted by atomic mass is 9.89. The Morgan fingerprint density at radius 2 is 1.92 bits per heavy atom. The number of nitrogens with one attached hydrogen (secondary N) is 1. The Morgan fingerprint density at radius 3 is 2.48 bits per heavy atom. The first-order valence-electron chi connectivity index (χ1n) is 7.65. The fourth-order valence-electron chi connectivity index (χ4n) is 2.90. The average Bonchev–Trinajstić information content (AvgIpc) is 2.86. The van der Waals surface area contributed by atoms with Crippen LogP contribution in [-0.4, -0.2) is 41.0 Å². The first-order valence-corrected chi connectivity index (χ1v) is 8.57. The average molecular weight is 372 g/mol. The van der Waals surface area contributed by atoms with Crippen molar-refractivity contribution in [1.82, 2.24) is 9.62 Å². The molecule has 5 nitrogen and oxygen atoms in total. The van der Waals surface area contributed by atoms with Crippen LogP contribution in [0.15, 0.2) is 41.2 Å². The van der Waals surface area contributed by atoms with Gasteiger partial charge in [-0.15, -0.1) is 17.5 Å². The van der Waals surface area contributed by atoms with Gasteiger partial charge < -0.3 is 10.1 Å². The molecule has 3 rings (SSSR count). The Labute approximate surface area is 147 Å². The lowest BCUT2D eigenvalue weighted by Crippen LogP contribution is -2.48. The van der Waals surface area contributed by atoms with E-state index in [9.17, 15) is 18.0 Å². The Hall–Kier alpha value is -2.00. The number of thiol groups is 1. The van der Waals surface area contributed by atoms with Gasteiger partial charge in [0, 0.05) is 18.7 Å². The number of amides is 1. The molecule has 1 saturated heterocycles. The van der Waals surface area contributed by atoms with Crippen LogP contribution in [0, 0.1) is 0 Å². The van der Waals surface area contributed by atoms with Crippen molar-refractivity contribution in [2.75, 3.05) is 13.1 Å². The SMILES string of the molecule is C=C[SH+]N1CCC2(CC1)N=C(c1ccc(OC(F)(F)F)cc1)NC2=O. The van der Waals surface area contributed by atoms with E-state index in [4.69, 9.17) is 0 Å². The molecule has 2 heterocycles. The van der Waals surface area contributed by atoms with Crippen molar-refractivity contribution in [3.63, 3.8) is 0 Å². The Bertz CT molecular complexity index is 696. The van der Waals surface area contributed by atoms with E-state index in [1.165, 1.54) is 24.3 Å². The Balaban J connectivity index is 1.73. The highest BCUT2D eigenvalue weighted by Gasteiger charge is 2.47. The molecule has 1 fully saturated rings. The van der Waals surface area contributed by atoms with Crippen molar-refractivity contribution in [2.45, 2.75) is 24.7 Å². The molecular weight excluding hydrogens is 355 g/mol. The number of alkyl halides is 3. The molecule has 2 aliphatic rings. The first kappa shape index (κ1) is 17.8. The molecule has 0 atom stereocenters. The van der Waals surface area contributed by atoms with Gasteiger partial charge in [-0.05, 0) is 43.7 Å². The minimum absolute atomic E-state index is 0.159. The van der Waals surface area contributed by atoms with Gasteiger partial charge in [-0.1, -0.05) is 0 Å². The number of carbonyl (C=O) groups is 1. The van der Waals surface area contributed by atoms with Crippen molar-refractivity contribution in [3.8, 4) is 5.75 Å². The second-order valence-corrected chi connectivity index (χ2v) is 6.93. The molecule has 0 bridgehead atoms. The molecule has 25 heavy (non-hydrogen) atoms. The summed E-state index contributed by atoms with van der Waals surface area (Å²) in [7, 11) is 0. The minimum atomic E-state index is -4.73. The fourth-order valence-corrected chi connectivity index (χ4v) is 3.56. The van der Waals surface area contributed by atoms with Crippen LogP contribution >= 0.6 is 0 Å². The molecule has 1 amide bonds. The van der Waals surface area contributed by atoms with E-state index in [1.54, 1.807) is 5.41 Å². The number of carbonyl (C=O) groups excluding carboxylic acids is 1. The number of amidine groups is 1. The molecule has 0 unspecified atom stereocenters. The van der Waals surface area contributed by atoms with Crippen LogP contribution in [0.3, 0.4) is 0 Å². The van der Waals surface area contributed by atoms with Gasteiger partial charge in [0.2, 0.25) is 0 Å². The Kier molecular flexibility index (Phi) is 4.79. The number of nitrogens with zero attached hydrogens (tertiary/aromatic N) is 2. The molecule has 1 aromatic carbocycles. The molecule has 0 aromatic heterocycles. The fraction of sp³-hybridized carbons (Fsp3) is 0.375. The Morgan fingerprint density at radius 1 is 1.28 bits per heavy atom. The van der Waals surface area contributed by atoms with E-state index < -0.39 is 11.9 Å². The number of piperidine rings is 1. The van der Waals surface area contributed by atoms with Gasteiger partial charge in [-0.2, -0.15) is 0 Å². The topological polar surface area (TPSA) is 53.9 Å². The second-order valence-electron chi connectivity index (χ2n) is 5.77. The summed E-state index contributed by atoms with van der Waals surface area (Å²) in [5, 5.41) is 4.55. The monoisotopic (exact) mass is 372 g/mol. The number of ether oxygens (including phenoxy) is 1. The molecule has 1 spiro atoms. The van der Waals surface area contributed by atoms with Crippen LogP contribution in [-0.2, 0) is 16.7 Å². The van der Waals surface area contributed by atoms with E-state index in [2.05, 4.69) is 25.9 Å². The van der Waals surface area contributed by atoms with Crippen LogP contribution in [0.1, 0.15) is 18.4 Å². The molecule has 9 heteroatoms. The number of halogens is 3. The zero-order chi connectivity index (χ0) is 18.1. The smallest absolute Gasteiger partial charge is 0.406 e. The summed E-state index contributed by atoms with van der Waals surface area (Å²) < 4.78 is 42.6. The van der Waals surface area contributed by atoms with Crippen LogP contribution < -0.4 is 10.1 Å². The molecule has 134 valence electrons. The number of aliphatic imine (C=N–C) groups is 1. The quantitative estimate of drug-likeness (QED) is 0.651. The van der Waals surface area contributed by atoms with Gasteiger partial charge in [0.1, 0.15) is 22.5 Å². The molecule has 1 N–H and O–H groups in total. The van der Waals surface area contributed by atoms with Crippen molar-refractivity contribution in [1.29, 1.82) is 0 Å². The normalized spacial score (nSPS) is 20.3. The van der Waals surface area contributed by atoms with Gasteiger partial charge in [-0.25, -0.2) is 0 Å². The van der Waals surface area contributed by atoms with Crippen molar-refractivity contribution >= 4 is 23.7 Å². The molecule has 0 saturated carbocycles. The summed E-state index contributed by atoms with van der Waals surface area (Å²) in [5.41, 5.74) is -0.240. The predicted molar refractivity (Wildman–Crippen MR) is 90.3 cm³/mol. The molecular formula is C16H17F3N3O2S+. The summed E-state index contributed by atoms with van der Waals surface area (Å²) in [5.74, 6) is -0.0843. The van der Waals surface area contributed by atoms with E-state index in [1.807, 2.05) is 0 Å². The lowest BCUT2D eigenvalue weighted by Gasteiger charge is -2.30. The number of hydrogen-bond acceptors (Lipinski definition) is 4. The van der Waals surface area contributed by atoms with Gasteiger partial charge in [0.15, 0.2) is 0 Å². The van der Waals surface area contributed by atoms with Crippen LogP contribution in [0.4, 0.5) is 13.2 Å². The third-order valence-electron chi connectivity index (χ3n) is 4.15. The van der Waals surface area contributed by atoms with E-state index in [0.717, 1.165) is 25.0 Å². The van der Waals surface area contributed by atoms with Crippen LogP contribution in [0.2, 0.25) is 0 Å². The third-order valence-corrected chi connectivity index (χ3v) is 5.04. The standard InChI is InChI=1S/C16H16F3N3O2S/c1-2-25-22-9-7-15(8-10-22)14(23)20-13(21-15)11-3-5-12(6-4-11)24-16(17,18)19/h2-6H,1,7-10H2,(H,20,21,23)/p+1. The summed E-state index contributed by atoms with van der Waals surface area (Å²) >= 11 is 1.02. The minimum Gasteiger partial charge on any atom is -0.406 e. The third kappa shape index (κ3) is 3.98. The maximum Gasteiger partial charge on any atom is 0.573 e. The van der Waals surface area contributed by atoms with Gasteiger partial charge in [-0.3, -0.25) is 9.79 Å². The summed E-state index contributed by atoms with van der Waals surface area (Å²) in [6, 6.07) is 5.30. The van der Waals surface area contributed by atoms with E-state index in [0.29, 0.717) is 24.2 Å². The van der Waals surface area contributed by atoms with Crippen molar-refractivity contribution < 1.29 is 22.7 Å². The largest absolute Gasteiger partial charge is 0.573 e. The molecule has 1 aromatic rings.